The molecule has 0 saturated heterocycles. The lowest BCUT2D eigenvalue weighted by Gasteiger charge is -2.22. The van der Waals surface area contributed by atoms with E-state index in [-0.39, 0.29) is 18.6 Å². The van der Waals surface area contributed by atoms with Crippen molar-refractivity contribution >= 4 is 0 Å². The highest BCUT2D eigenvalue weighted by Gasteiger charge is 2.17. The highest BCUT2D eigenvalue weighted by Crippen LogP contribution is 2.20. The van der Waals surface area contributed by atoms with Crippen LogP contribution in [0, 0.1) is 5.92 Å². The van der Waals surface area contributed by atoms with Gasteiger partial charge < -0.3 is 10.4 Å². The molecule has 0 amide bonds. The van der Waals surface area contributed by atoms with Crippen LogP contribution in [0.15, 0.2) is 79.1 Å². The number of benzene rings is 1. The molecule has 2 heterocycles. The fourth-order valence-corrected chi connectivity index (χ4v) is 2.89. The van der Waals surface area contributed by atoms with Gasteiger partial charge in [0.05, 0.1) is 11.7 Å². The maximum Gasteiger partial charge on any atom is 0.0751 e. The highest BCUT2D eigenvalue weighted by molar-refractivity contribution is 5.27. The lowest BCUT2D eigenvalue weighted by molar-refractivity contribution is 0.218. The number of aliphatic hydroxyl groups excluding tert-OH is 1. The van der Waals surface area contributed by atoms with Gasteiger partial charge >= 0.3 is 0 Å². The second-order valence-corrected chi connectivity index (χ2v) is 6.08. The molecule has 0 radical (unpaired) electrons. The lowest BCUT2D eigenvalue weighted by atomic mass is 10.00. The minimum Gasteiger partial charge on any atom is -0.396 e. The standard InChI is InChI=1S/C21H23N3O/c25-16-17(14-19-10-4-6-12-22-19)15-24-21(18-8-2-1-3-9-18)20-11-5-7-13-23-20/h1-13,17,21,24-25H,14-16H2. The Morgan fingerprint density at radius 1 is 0.840 bits per heavy atom. The van der Waals surface area contributed by atoms with E-state index < -0.39 is 0 Å². The molecule has 3 aromatic rings. The summed E-state index contributed by atoms with van der Waals surface area (Å²) < 4.78 is 0. The van der Waals surface area contributed by atoms with E-state index in [0.717, 1.165) is 23.4 Å². The maximum absolute atomic E-state index is 9.76. The molecule has 2 aromatic heterocycles. The molecular weight excluding hydrogens is 310 g/mol. The second-order valence-electron chi connectivity index (χ2n) is 6.08. The van der Waals surface area contributed by atoms with Crippen LogP contribution in [0.2, 0.25) is 0 Å². The lowest BCUT2D eigenvalue weighted by Crippen LogP contribution is -2.31. The van der Waals surface area contributed by atoms with Crippen molar-refractivity contribution in [3.63, 3.8) is 0 Å². The van der Waals surface area contributed by atoms with Gasteiger partial charge in [-0.05, 0) is 42.2 Å². The van der Waals surface area contributed by atoms with E-state index in [0.29, 0.717) is 6.54 Å². The summed E-state index contributed by atoms with van der Waals surface area (Å²) in [5.74, 6) is 0.102. The van der Waals surface area contributed by atoms with Crippen molar-refractivity contribution in [1.29, 1.82) is 0 Å². The topological polar surface area (TPSA) is 58.0 Å². The molecule has 2 atom stereocenters. The molecule has 0 fully saturated rings. The van der Waals surface area contributed by atoms with Gasteiger partial charge in [-0.2, -0.15) is 0 Å². The van der Waals surface area contributed by atoms with Crippen molar-refractivity contribution in [2.75, 3.05) is 13.2 Å². The Hall–Kier alpha value is -2.56. The first-order valence-electron chi connectivity index (χ1n) is 8.57. The van der Waals surface area contributed by atoms with Crippen molar-refractivity contribution in [3.8, 4) is 0 Å². The molecule has 0 saturated carbocycles. The summed E-state index contributed by atoms with van der Waals surface area (Å²) in [6.07, 6.45) is 4.34. The van der Waals surface area contributed by atoms with E-state index in [1.54, 1.807) is 6.20 Å². The Morgan fingerprint density at radius 3 is 2.20 bits per heavy atom. The largest absolute Gasteiger partial charge is 0.396 e. The van der Waals surface area contributed by atoms with Crippen LogP contribution < -0.4 is 5.32 Å². The van der Waals surface area contributed by atoms with Crippen LogP contribution in [-0.4, -0.2) is 28.2 Å². The Labute approximate surface area is 148 Å². The second kappa shape index (κ2) is 9.06. The van der Waals surface area contributed by atoms with Crippen molar-refractivity contribution in [2.45, 2.75) is 12.5 Å². The van der Waals surface area contributed by atoms with E-state index in [9.17, 15) is 5.11 Å². The molecule has 2 unspecified atom stereocenters. The molecule has 0 spiro atoms. The first-order chi connectivity index (χ1) is 12.4. The van der Waals surface area contributed by atoms with Gasteiger partial charge in [0, 0.05) is 31.2 Å². The zero-order chi connectivity index (χ0) is 17.3. The minimum absolute atomic E-state index is 0.000169. The van der Waals surface area contributed by atoms with Gasteiger partial charge in [0.25, 0.3) is 0 Å². The normalized spacial score (nSPS) is 13.3. The summed E-state index contributed by atoms with van der Waals surface area (Å²) in [5, 5.41) is 13.3. The van der Waals surface area contributed by atoms with Crippen LogP contribution in [0.4, 0.5) is 0 Å². The molecular formula is C21H23N3O. The SMILES string of the molecule is OCC(CNC(c1ccccc1)c1ccccn1)Cc1ccccn1. The molecule has 1 aromatic carbocycles. The molecule has 3 rings (SSSR count). The van der Waals surface area contributed by atoms with Gasteiger partial charge in [-0.1, -0.05) is 42.5 Å². The zero-order valence-electron chi connectivity index (χ0n) is 14.1. The van der Waals surface area contributed by atoms with Crippen molar-refractivity contribution < 1.29 is 5.11 Å². The smallest absolute Gasteiger partial charge is 0.0751 e. The Balaban J connectivity index is 1.72. The molecule has 0 bridgehead atoms. The number of hydrogen-bond acceptors (Lipinski definition) is 4. The third kappa shape index (κ3) is 4.95. The van der Waals surface area contributed by atoms with Gasteiger partial charge in [-0.3, -0.25) is 9.97 Å². The average Bonchev–Trinajstić information content (AvgIpc) is 2.69. The van der Waals surface area contributed by atoms with Crippen LogP contribution in [0.5, 0.6) is 0 Å². The van der Waals surface area contributed by atoms with Gasteiger partial charge in [0.15, 0.2) is 0 Å². The average molecular weight is 333 g/mol. The number of pyridine rings is 2. The molecule has 0 aliphatic carbocycles. The van der Waals surface area contributed by atoms with Crippen molar-refractivity contribution in [2.24, 2.45) is 5.92 Å². The summed E-state index contributed by atoms with van der Waals surface area (Å²) in [5.41, 5.74) is 3.14. The zero-order valence-corrected chi connectivity index (χ0v) is 14.1. The van der Waals surface area contributed by atoms with Gasteiger partial charge in [-0.15, -0.1) is 0 Å². The number of hydrogen-bond donors (Lipinski definition) is 2. The van der Waals surface area contributed by atoms with Gasteiger partial charge in [-0.25, -0.2) is 0 Å². The predicted octanol–water partition coefficient (Wildman–Crippen LogP) is 3.01. The summed E-state index contributed by atoms with van der Waals surface area (Å²) in [6, 6.07) is 22.1. The van der Waals surface area contributed by atoms with Gasteiger partial charge in [0.2, 0.25) is 0 Å². The van der Waals surface area contributed by atoms with E-state index in [2.05, 4.69) is 27.4 Å². The van der Waals surface area contributed by atoms with E-state index in [4.69, 9.17) is 0 Å². The fraction of sp³-hybridized carbons (Fsp3) is 0.238. The number of aromatic nitrogens is 2. The Morgan fingerprint density at radius 2 is 1.56 bits per heavy atom. The molecule has 0 aliphatic rings. The number of nitrogens with zero attached hydrogens (tertiary/aromatic N) is 2. The summed E-state index contributed by atoms with van der Waals surface area (Å²) >= 11 is 0. The van der Waals surface area contributed by atoms with Crippen LogP contribution in [0.25, 0.3) is 0 Å². The number of nitrogens with one attached hydrogen (secondary N) is 1. The predicted molar refractivity (Wildman–Crippen MR) is 99.0 cm³/mol. The maximum atomic E-state index is 9.76. The number of rotatable bonds is 8. The van der Waals surface area contributed by atoms with Crippen LogP contribution in [0.1, 0.15) is 23.0 Å². The molecule has 4 nitrogen and oxygen atoms in total. The molecule has 2 N–H and O–H groups in total. The van der Waals surface area contributed by atoms with Gasteiger partial charge in [0.1, 0.15) is 0 Å². The van der Waals surface area contributed by atoms with Crippen LogP contribution in [0.3, 0.4) is 0 Å². The van der Waals surface area contributed by atoms with Crippen LogP contribution >= 0.6 is 0 Å². The van der Waals surface area contributed by atoms with E-state index in [1.165, 1.54) is 0 Å². The van der Waals surface area contributed by atoms with Crippen molar-refractivity contribution in [3.05, 3.63) is 96.1 Å². The highest BCUT2D eigenvalue weighted by atomic mass is 16.3. The van der Waals surface area contributed by atoms with E-state index in [1.807, 2.05) is 60.8 Å². The quantitative estimate of drug-likeness (QED) is 0.665. The molecule has 4 heteroatoms. The summed E-state index contributed by atoms with van der Waals surface area (Å²) in [7, 11) is 0. The van der Waals surface area contributed by atoms with Crippen molar-refractivity contribution in [1.82, 2.24) is 15.3 Å². The Bertz CT molecular complexity index is 695. The minimum atomic E-state index is 0.000169. The van der Waals surface area contributed by atoms with Crippen LogP contribution in [-0.2, 0) is 6.42 Å². The Kier molecular flexibility index (Phi) is 6.26. The summed E-state index contributed by atoms with van der Waals surface area (Å²) in [6.45, 7) is 0.802. The third-order valence-electron chi connectivity index (χ3n) is 4.21. The third-order valence-corrected chi connectivity index (χ3v) is 4.21. The first-order valence-corrected chi connectivity index (χ1v) is 8.57. The first kappa shape index (κ1) is 17.3. The monoisotopic (exact) mass is 333 g/mol. The molecule has 25 heavy (non-hydrogen) atoms. The van der Waals surface area contributed by atoms with E-state index >= 15 is 0 Å². The fourth-order valence-electron chi connectivity index (χ4n) is 2.89. The molecule has 0 aliphatic heterocycles. The molecule has 128 valence electrons. The number of aliphatic hydroxyl groups is 1. The summed E-state index contributed by atoms with van der Waals surface area (Å²) in [4.78, 5) is 8.86.